The number of carbonyl (C=O) groups excluding carboxylic acids is 1. The van der Waals surface area contributed by atoms with E-state index in [1.807, 2.05) is 31.2 Å². The van der Waals surface area contributed by atoms with Gasteiger partial charge >= 0.3 is 0 Å². The highest BCUT2D eigenvalue weighted by molar-refractivity contribution is 5.94. The Morgan fingerprint density at radius 2 is 2.08 bits per heavy atom. The molecule has 0 aromatic heterocycles. The molecule has 2 bridgehead atoms. The van der Waals surface area contributed by atoms with Crippen LogP contribution in [0.25, 0.3) is 0 Å². The average molecular weight is 354 g/mol. The molecule has 3 saturated heterocycles. The Balaban J connectivity index is 1.22. The second-order valence-electron chi connectivity index (χ2n) is 9.10. The van der Waals surface area contributed by atoms with Crippen molar-refractivity contribution in [2.24, 2.45) is 17.8 Å². The van der Waals surface area contributed by atoms with Crippen molar-refractivity contribution in [3.8, 4) is 0 Å². The Morgan fingerprint density at radius 1 is 1.27 bits per heavy atom. The van der Waals surface area contributed by atoms with E-state index in [0.717, 1.165) is 31.1 Å². The van der Waals surface area contributed by atoms with E-state index in [1.54, 1.807) is 0 Å². The highest BCUT2D eigenvalue weighted by atomic mass is 16.5. The number of hydrogen-bond acceptors (Lipinski definition) is 3. The maximum Gasteiger partial charge on any atom is 0.251 e. The second kappa shape index (κ2) is 6.35. The lowest BCUT2D eigenvalue weighted by atomic mass is 9.73. The van der Waals surface area contributed by atoms with E-state index in [2.05, 4.69) is 10.2 Å². The predicted molar refractivity (Wildman–Crippen MR) is 101 cm³/mol. The zero-order chi connectivity index (χ0) is 17.7. The second-order valence-corrected chi connectivity index (χ2v) is 9.10. The molecule has 3 heterocycles. The highest BCUT2D eigenvalue weighted by Gasteiger charge is 2.62. The van der Waals surface area contributed by atoms with Crippen LogP contribution in [0.15, 0.2) is 24.3 Å². The Bertz CT molecular complexity index is 684. The lowest BCUT2D eigenvalue weighted by Crippen LogP contribution is -2.41. The van der Waals surface area contributed by atoms with Crippen molar-refractivity contribution in [1.82, 2.24) is 10.2 Å². The van der Waals surface area contributed by atoms with Gasteiger partial charge in [0.2, 0.25) is 0 Å². The smallest absolute Gasteiger partial charge is 0.251 e. The number of likely N-dealkylation sites (tertiary alicyclic amines) is 1. The molecule has 4 fully saturated rings. The molecule has 26 heavy (non-hydrogen) atoms. The van der Waals surface area contributed by atoms with Crippen LogP contribution in [0.3, 0.4) is 0 Å². The molecule has 1 saturated carbocycles. The molecule has 140 valence electrons. The van der Waals surface area contributed by atoms with E-state index in [-0.39, 0.29) is 11.5 Å². The van der Waals surface area contributed by atoms with Crippen LogP contribution in [0, 0.1) is 24.7 Å². The van der Waals surface area contributed by atoms with Gasteiger partial charge in [-0.1, -0.05) is 24.1 Å². The summed E-state index contributed by atoms with van der Waals surface area (Å²) in [7, 11) is 0. The van der Waals surface area contributed by atoms with Gasteiger partial charge in [0.05, 0.1) is 11.7 Å². The summed E-state index contributed by atoms with van der Waals surface area (Å²) in [6.45, 7) is 6.34. The van der Waals surface area contributed by atoms with E-state index in [1.165, 1.54) is 44.2 Å². The quantitative estimate of drug-likeness (QED) is 0.884. The molecule has 1 spiro atoms. The molecule has 4 nitrogen and oxygen atoms in total. The molecule has 0 radical (unpaired) electrons. The molecular weight excluding hydrogens is 324 g/mol. The number of fused-ring (bicyclic) bond motifs is 1. The molecule has 3 aliphatic heterocycles. The Kier molecular flexibility index (Phi) is 4.09. The first-order valence-electron chi connectivity index (χ1n) is 10.4. The number of nitrogens with one attached hydrogen (secondary N) is 1. The number of aryl methyl sites for hydroxylation is 1. The minimum Gasteiger partial charge on any atom is -0.370 e. The fraction of sp³-hybridized carbons (Fsp3) is 0.682. The monoisotopic (exact) mass is 354 g/mol. The number of nitrogens with zero attached hydrogens (tertiary/aromatic N) is 1. The zero-order valence-electron chi connectivity index (χ0n) is 15.7. The zero-order valence-corrected chi connectivity index (χ0v) is 15.7. The van der Waals surface area contributed by atoms with Crippen molar-refractivity contribution in [3.63, 3.8) is 0 Å². The number of amides is 1. The van der Waals surface area contributed by atoms with Crippen LogP contribution in [-0.4, -0.2) is 48.7 Å². The van der Waals surface area contributed by atoms with Crippen LogP contribution < -0.4 is 5.32 Å². The molecule has 1 amide bonds. The van der Waals surface area contributed by atoms with Gasteiger partial charge < -0.3 is 10.1 Å². The van der Waals surface area contributed by atoms with Crippen LogP contribution in [-0.2, 0) is 4.74 Å². The van der Waals surface area contributed by atoms with Crippen molar-refractivity contribution in [3.05, 3.63) is 35.4 Å². The largest absolute Gasteiger partial charge is 0.370 e. The summed E-state index contributed by atoms with van der Waals surface area (Å²) in [4.78, 5) is 15.2. The van der Waals surface area contributed by atoms with Gasteiger partial charge in [0, 0.05) is 43.6 Å². The van der Waals surface area contributed by atoms with Crippen LogP contribution in [0.5, 0.6) is 0 Å². The lowest BCUT2D eigenvalue weighted by molar-refractivity contribution is 0.000542. The molecule has 1 aliphatic carbocycles. The summed E-state index contributed by atoms with van der Waals surface area (Å²) in [5.41, 5.74) is 2.03. The SMILES string of the molecule is Cc1ccc(C(=O)NC[C@H]2[C@H]3CN(CC4CCC4)C[C@]34CC[C@H]2O4)cc1. The summed E-state index contributed by atoms with van der Waals surface area (Å²) in [5.74, 6) is 2.04. The molecule has 4 atom stereocenters. The van der Waals surface area contributed by atoms with Gasteiger partial charge in [0.15, 0.2) is 0 Å². The van der Waals surface area contributed by atoms with Crippen molar-refractivity contribution in [1.29, 1.82) is 0 Å². The van der Waals surface area contributed by atoms with Gasteiger partial charge in [-0.15, -0.1) is 0 Å². The third-order valence-electron chi connectivity index (χ3n) is 7.41. The number of carbonyl (C=O) groups is 1. The highest BCUT2D eigenvalue weighted by Crippen LogP contribution is 2.54. The van der Waals surface area contributed by atoms with Crippen molar-refractivity contribution in [2.75, 3.05) is 26.2 Å². The molecule has 5 rings (SSSR count). The summed E-state index contributed by atoms with van der Waals surface area (Å²) < 4.78 is 6.52. The number of ether oxygens (including phenoxy) is 1. The third-order valence-corrected chi connectivity index (χ3v) is 7.41. The Labute approximate surface area is 156 Å². The van der Waals surface area contributed by atoms with Gasteiger partial charge in [0.1, 0.15) is 0 Å². The van der Waals surface area contributed by atoms with Gasteiger partial charge in [-0.25, -0.2) is 0 Å². The third kappa shape index (κ3) is 2.78. The molecule has 1 aromatic rings. The summed E-state index contributed by atoms with van der Waals surface area (Å²) in [5, 5.41) is 3.20. The fourth-order valence-electron chi connectivity index (χ4n) is 5.76. The van der Waals surface area contributed by atoms with Gasteiger partial charge in [-0.3, -0.25) is 9.69 Å². The normalized spacial score (nSPS) is 36.1. The van der Waals surface area contributed by atoms with Crippen LogP contribution in [0.4, 0.5) is 0 Å². The standard InChI is InChI=1S/C22H30N2O2/c1-15-5-7-17(8-6-15)21(25)23-11-18-19-13-24(12-16-3-2-4-16)14-22(19)10-9-20(18)26-22/h5-8,16,18-20H,2-4,9-14H2,1H3,(H,23,25)/t18-,19+,20+,22+/m0/s1. The first-order chi connectivity index (χ1) is 12.6. The van der Waals surface area contributed by atoms with Crippen molar-refractivity contribution in [2.45, 2.75) is 50.7 Å². The number of hydrogen-bond donors (Lipinski definition) is 1. The van der Waals surface area contributed by atoms with Crippen molar-refractivity contribution >= 4 is 5.91 Å². The minimum absolute atomic E-state index is 0.0474. The van der Waals surface area contributed by atoms with Crippen LogP contribution in [0.2, 0.25) is 0 Å². The first kappa shape index (κ1) is 16.8. The average Bonchev–Trinajstić information content (AvgIpc) is 3.24. The van der Waals surface area contributed by atoms with E-state index in [9.17, 15) is 4.79 Å². The van der Waals surface area contributed by atoms with E-state index >= 15 is 0 Å². The van der Waals surface area contributed by atoms with Crippen LogP contribution >= 0.6 is 0 Å². The predicted octanol–water partition coefficient (Wildman–Crippen LogP) is 3.00. The maximum atomic E-state index is 12.5. The Hall–Kier alpha value is -1.39. The molecule has 0 unspecified atom stereocenters. The summed E-state index contributed by atoms with van der Waals surface area (Å²) in [6.07, 6.45) is 6.97. The fourth-order valence-corrected chi connectivity index (χ4v) is 5.76. The topological polar surface area (TPSA) is 41.6 Å². The molecular formula is C22H30N2O2. The van der Waals surface area contributed by atoms with Gasteiger partial charge in [0.25, 0.3) is 5.91 Å². The van der Waals surface area contributed by atoms with E-state index in [0.29, 0.717) is 17.9 Å². The minimum atomic E-state index is 0.0474. The van der Waals surface area contributed by atoms with Gasteiger partial charge in [-0.2, -0.15) is 0 Å². The number of benzene rings is 1. The van der Waals surface area contributed by atoms with E-state index in [4.69, 9.17) is 4.74 Å². The summed E-state index contributed by atoms with van der Waals surface area (Å²) >= 11 is 0. The molecule has 4 heteroatoms. The lowest BCUT2D eigenvalue weighted by Gasteiger charge is -2.31. The molecule has 1 aromatic carbocycles. The maximum absolute atomic E-state index is 12.5. The molecule has 4 aliphatic rings. The molecule has 1 N–H and O–H groups in total. The van der Waals surface area contributed by atoms with Gasteiger partial charge in [-0.05, 0) is 50.7 Å². The summed E-state index contributed by atoms with van der Waals surface area (Å²) in [6, 6.07) is 7.83. The first-order valence-corrected chi connectivity index (χ1v) is 10.4. The van der Waals surface area contributed by atoms with Crippen molar-refractivity contribution < 1.29 is 9.53 Å². The number of rotatable bonds is 5. The Morgan fingerprint density at radius 3 is 2.81 bits per heavy atom. The van der Waals surface area contributed by atoms with Crippen LogP contribution in [0.1, 0.15) is 48.0 Å². The van der Waals surface area contributed by atoms with E-state index < -0.39 is 0 Å².